The van der Waals surface area contributed by atoms with Gasteiger partial charge in [-0.1, -0.05) is 12.1 Å². The van der Waals surface area contributed by atoms with E-state index in [0.29, 0.717) is 12.6 Å². The molecule has 1 fully saturated rings. The predicted octanol–water partition coefficient (Wildman–Crippen LogP) is 3.42. The van der Waals surface area contributed by atoms with Gasteiger partial charge < -0.3 is 24.6 Å². The van der Waals surface area contributed by atoms with Crippen LogP contribution in [0.3, 0.4) is 0 Å². The van der Waals surface area contributed by atoms with Crippen molar-refractivity contribution in [3.05, 3.63) is 66.1 Å². The number of likely N-dealkylation sites (tertiary alicyclic amines) is 1. The van der Waals surface area contributed by atoms with Crippen molar-refractivity contribution in [2.75, 3.05) is 26.7 Å². The summed E-state index contributed by atoms with van der Waals surface area (Å²) in [5, 5.41) is 15.7. The number of aryl methyl sites for hydroxylation is 1. The van der Waals surface area contributed by atoms with Gasteiger partial charge in [0.05, 0.1) is 36.3 Å². The number of benzene rings is 2. The molecule has 0 aliphatic carbocycles. The van der Waals surface area contributed by atoms with Crippen LogP contribution in [0.1, 0.15) is 30.3 Å². The fourth-order valence-electron chi connectivity index (χ4n) is 4.82. The highest BCUT2D eigenvalue weighted by Gasteiger charge is 2.23. The van der Waals surface area contributed by atoms with E-state index in [1.54, 1.807) is 13.3 Å². The minimum atomic E-state index is -0.563. The number of nitrogens with one attached hydrogen (secondary N) is 1. The lowest BCUT2D eigenvalue weighted by Crippen LogP contribution is -2.43. The second kappa shape index (κ2) is 9.47. The third-order valence-corrected chi connectivity index (χ3v) is 6.79. The summed E-state index contributed by atoms with van der Waals surface area (Å²) in [6, 6.07) is 16.4. The van der Waals surface area contributed by atoms with E-state index in [-0.39, 0.29) is 0 Å². The van der Waals surface area contributed by atoms with Gasteiger partial charge in [-0.05, 0) is 67.9 Å². The summed E-state index contributed by atoms with van der Waals surface area (Å²) >= 11 is 0. The lowest BCUT2D eigenvalue weighted by Gasteiger charge is -2.33. The molecule has 0 unspecified atom stereocenters. The Kier molecular flexibility index (Phi) is 6.26. The minimum absolute atomic E-state index is 0.462. The molecule has 2 aromatic heterocycles. The van der Waals surface area contributed by atoms with E-state index in [0.717, 1.165) is 66.0 Å². The molecule has 0 bridgehead atoms. The molecule has 1 atom stereocenters. The predicted molar refractivity (Wildman–Crippen MR) is 130 cm³/mol. The summed E-state index contributed by atoms with van der Waals surface area (Å²) < 4.78 is 7.53. The molecule has 0 amide bonds. The maximum absolute atomic E-state index is 11.0. The van der Waals surface area contributed by atoms with Crippen molar-refractivity contribution in [1.82, 2.24) is 24.8 Å². The smallest absolute Gasteiger partial charge is 0.123 e. The number of fused-ring (bicyclic) bond motifs is 2. The summed E-state index contributed by atoms with van der Waals surface area (Å²) in [6.45, 7) is 3.31. The molecule has 2 aromatic carbocycles. The van der Waals surface area contributed by atoms with Gasteiger partial charge in [-0.15, -0.1) is 0 Å². The summed E-state index contributed by atoms with van der Waals surface area (Å²) in [7, 11) is 3.73. The van der Waals surface area contributed by atoms with E-state index in [1.165, 1.54) is 5.52 Å². The molecule has 7 nitrogen and oxygen atoms in total. The first-order valence-corrected chi connectivity index (χ1v) is 11.6. The summed E-state index contributed by atoms with van der Waals surface area (Å²) in [6.07, 6.45) is 3.32. The van der Waals surface area contributed by atoms with Crippen LogP contribution in [0.5, 0.6) is 5.75 Å². The maximum atomic E-state index is 11.0. The van der Waals surface area contributed by atoms with E-state index >= 15 is 0 Å². The molecule has 33 heavy (non-hydrogen) atoms. The average Bonchev–Trinajstić information content (AvgIpc) is 3.18. The quantitative estimate of drug-likeness (QED) is 0.454. The van der Waals surface area contributed by atoms with Crippen LogP contribution in [-0.4, -0.2) is 57.3 Å². The molecule has 0 radical (unpaired) electrons. The highest BCUT2D eigenvalue weighted by molar-refractivity contribution is 5.83. The van der Waals surface area contributed by atoms with Gasteiger partial charge in [-0.3, -0.25) is 4.98 Å². The molecule has 172 valence electrons. The van der Waals surface area contributed by atoms with Crippen molar-refractivity contribution in [3.8, 4) is 5.75 Å². The number of hydrogen-bond donors (Lipinski definition) is 2. The Balaban J connectivity index is 1.17. The second-order valence-corrected chi connectivity index (χ2v) is 8.83. The van der Waals surface area contributed by atoms with E-state index in [4.69, 9.17) is 9.72 Å². The zero-order valence-corrected chi connectivity index (χ0v) is 19.2. The van der Waals surface area contributed by atoms with Crippen molar-refractivity contribution in [2.24, 2.45) is 7.05 Å². The number of methoxy groups -OCH3 is 1. The molecule has 1 aliphatic heterocycles. The fourth-order valence-corrected chi connectivity index (χ4v) is 4.82. The van der Waals surface area contributed by atoms with Gasteiger partial charge in [0.2, 0.25) is 0 Å². The average molecular weight is 446 g/mol. The van der Waals surface area contributed by atoms with Crippen LogP contribution < -0.4 is 10.1 Å². The van der Waals surface area contributed by atoms with Gasteiger partial charge in [0.15, 0.2) is 0 Å². The molecule has 0 saturated carbocycles. The topological polar surface area (TPSA) is 75.4 Å². The van der Waals surface area contributed by atoms with Gasteiger partial charge in [0.1, 0.15) is 11.6 Å². The first kappa shape index (κ1) is 21.8. The minimum Gasteiger partial charge on any atom is -0.497 e. The number of hydrogen-bond acceptors (Lipinski definition) is 6. The van der Waals surface area contributed by atoms with E-state index < -0.39 is 6.10 Å². The molecule has 3 heterocycles. The number of aliphatic hydroxyl groups excluding tert-OH is 1. The van der Waals surface area contributed by atoms with Crippen LogP contribution in [0, 0.1) is 0 Å². The van der Waals surface area contributed by atoms with Gasteiger partial charge in [-0.2, -0.15) is 0 Å². The Labute approximate surface area is 194 Å². The van der Waals surface area contributed by atoms with E-state index in [1.807, 2.05) is 30.3 Å². The third-order valence-electron chi connectivity index (χ3n) is 6.79. The first-order chi connectivity index (χ1) is 16.1. The van der Waals surface area contributed by atoms with Crippen LogP contribution in [-0.2, 0) is 13.6 Å². The standard InChI is InChI=1S/C26H31N5O2/c1-30-24-6-4-3-5-23(24)29-26(30)16-28-18-10-13-31(14-11-18)17-25(32)20-9-12-27-22-8-7-19(33-2)15-21(20)22/h3-9,12,15,18,25,28,32H,10-11,13-14,16-17H2,1-2H3/t25-/m0/s1. The van der Waals surface area contributed by atoms with Crippen LogP contribution >= 0.6 is 0 Å². The van der Waals surface area contributed by atoms with Crippen LogP contribution in [0.15, 0.2) is 54.7 Å². The zero-order chi connectivity index (χ0) is 22.8. The Bertz CT molecular complexity index is 1250. The summed E-state index contributed by atoms with van der Waals surface area (Å²) in [4.78, 5) is 11.5. The van der Waals surface area contributed by atoms with Gasteiger partial charge >= 0.3 is 0 Å². The molecule has 4 aromatic rings. The highest BCUT2D eigenvalue weighted by atomic mass is 16.5. The number of imidazole rings is 1. The Hall–Kier alpha value is -3.00. The molecule has 2 N–H and O–H groups in total. The number of pyridine rings is 1. The highest BCUT2D eigenvalue weighted by Crippen LogP contribution is 2.28. The van der Waals surface area contributed by atoms with Crippen molar-refractivity contribution < 1.29 is 9.84 Å². The Morgan fingerprint density at radius 3 is 2.73 bits per heavy atom. The fraction of sp³-hybridized carbons (Fsp3) is 0.385. The van der Waals surface area contributed by atoms with Crippen molar-refractivity contribution in [3.63, 3.8) is 0 Å². The van der Waals surface area contributed by atoms with Crippen LogP contribution in [0.4, 0.5) is 0 Å². The number of β-amino-alcohol motifs (C(OH)–C–C–N with tert-alkyl or cyclic N) is 1. The monoisotopic (exact) mass is 445 g/mol. The zero-order valence-electron chi connectivity index (χ0n) is 19.2. The van der Waals surface area contributed by atoms with Gasteiger partial charge in [0, 0.05) is 31.2 Å². The van der Waals surface area contributed by atoms with E-state index in [9.17, 15) is 5.11 Å². The number of aromatic nitrogens is 3. The summed E-state index contributed by atoms with van der Waals surface area (Å²) in [5.74, 6) is 1.84. The number of para-hydroxylation sites is 2. The molecule has 5 rings (SSSR count). The van der Waals surface area contributed by atoms with E-state index in [2.05, 4.69) is 45.0 Å². The maximum Gasteiger partial charge on any atom is 0.123 e. The lowest BCUT2D eigenvalue weighted by atomic mass is 10.0. The third kappa shape index (κ3) is 4.57. The SMILES string of the molecule is COc1ccc2nccc([C@@H](O)CN3CCC(NCc4nc5ccccc5n4C)CC3)c2c1. The van der Waals surface area contributed by atoms with Crippen molar-refractivity contribution in [1.29, 1.82) is 0 Å². The molecule has 7 heteroatoms. The Morgan fingerprint density at radius 1 is 1.12 bits per heavy atom. The number of piperidine rings is 1. The van der Waals surface area contributed by atoms with Crippen molar-refractivity contribution in [2.45, 2.75) is 31.5 Å². The second-order valence-electron chi connectivity index (χ2n) is 8.83. The largest absolute Gasteiger partial charge is 0.497 e. The molecular formula is C26H31N5O2. The van der Waals surface area contributed by atoms with Crippen LogP contribution in [0.25, 0.3) is 21.9 Å². The lowest BCUT2D eigenvalue weighted by molar-refractivity contribution is 0.0948. The molecule has 1 saturated heterocycles. The number of nitrogens with zero attached hydrogens (tertiary/aromatic N) is 4. The normalized spacial score (nSPS) is 16.5. The molecular weight excluding hydrogens is 414 g/mol. The summed E-state index contributed by atoms with van der Waals surface area (Å²) in [5.41, 5.74) is 3.99. The Morgan fingerprint density at radius 2 is 1.94 bits per heavy atom. The number of ether oxygens (including phenoxy) is 1. The molecule has 1 aliphatic rings. The van der Waals surface area contributed by atoms with Gasteiger partial charge in [0.25, 0.3) is 0 Å². The van der Waals surface area contributed by atoms with Crippen molar-refractivity contribution >= 4 is 21.9 Å². The number of rotatable bonds is 7. The molecule has 0 spiro atoms. The number of aliphatic hydroxyl groups is 1. The first-order valence-electron chi connectivity index (χ1n) is 11.6. The van der Waals surface area contributed by atoms with Gasteiger partial charge in [-0.25, -0.2) is 4.98 Å². The van der Waals surface area contributed by atoms with Crippen LogP contribution in [0.2, 0.25) is 0 Å².